The molecule has 0 fully saturated rings. The molecule has 0 saturated carbocycles. The molecule has 0 aliphatic carbocycles. The molecule has 0 heterocycles. The Morgan fingerprint density at radius 1 is 1.53 bits per heavy atom. The van der Waals surface area contributed by atoms with Gasteiger partial charge in [-0.1, -0.05) is 12.1 Å². The van der Waals surface area contributed by atoms with E-state index < -0.39 is 16.8 Å². The van der Waals surface area contributed by atoms with Gasteiger partial charge in [0.2, 0.25) is 0 Å². The molecule has 1 aromatic carbocycles. The van der Waals surface area contributed by atoms with Gasteiger partial charge in [0.25, 0.3) is 5.69 Å². The summed E-state index contributed by atoms with van der Waals surface area (Å²) in [7, 11) is 0. The zero-order valence-corrected chi connectivity index (χ0v) is 8.43. The first-order valence-electron chi connectivity index (χ1n) is 4.42. The van der Waals surface area contributed by atoms with Crippen LogP contribution in [0.2, 0.25) is 0 Å². The number of carbonyl (C=O) groups is 1. The molecule has 5 heteroatoms. The predicted molar refractivity (Wildman–Crippen MR) is 53.9 cm³/mol. The maximum Gasteiger partial charge on any atom is 0.310 e. The standard InChI is InChI=1S/C10H11NO4/c1-6-8(7(2)10(12)13)4-3-5-9(6)11(14)15/h3-5,7H,1-2H3,(H,12,13). The smallest absolute Gasteiger partial charge is 0.310 e. The van der Waals surface area contributed by atoms with E-state index in [2.05, 4.69) is 0 Å². The molecule has 5 nitrogen and oxygen atoms in total. The Morgan fingerprint density at radius 3 is 2.60 bits per heavy atom. The Kier molecular flexibility index (Phi) is 3.04. The minimum atomic E-state index is -0.987. The molecule has 0 radical (unpaired) electrons. The van der Waals surface area contributed by atoms with Crippen molar-refractivity contribution >= 4 is 11.7 Å². The third-order valence-corrected chi connectivity index (χ3v) is 2.38. The van der Waals surface area contributed by atoms with Crippen LogP contribution in [0.4, 0.5) is 5.69 Å². The normalized spacial score (nSPS) is 12.1. The van der Waals surface area contributed by atoms with Crippen LogP contribution in [0.25, 0.3) is 0 Å². The van der Waals surface area contributed by atoms with Crippen molar-refractivity contribution in [3.8, 4) is 0 Å². The van der Waals surface area contributed by atoms with E-state index in [4.69, 9.17) is 5.11 Å². The van der Waals surface area contributed by atoms with Crippen LogP contribution in [0.3, 0.4) is 0 Å². The number of carboxylic acid groups (broad SMARTS) is 1. The van der Waals surface area contributed by atoms with Gasteiger partial charge in [0.1, 0.15) is 0 Å². The molecule has 1 rings (SSSR count). The molecule has 1 atom stereocenters. The SMILES string of the molecule is Cc1c(C(C)C(=O)O)cccc1[N+](=O)[O-]. The molecule has 0 aliphatic heterocycles. The van der Waals surface area contributed by atoms with Crippen molar-refractivity contribution < 1.29 is 14.8 Å². The predicted octanol–water partition coefficient (Wildman–Crippen LogP) is 2.09. The van der Waals surface area contributed by atoms with Crippen LogP contribution < -0.4 is 0 Å². The van der Waals surface area contributed by atoms with Gasteiger partial charge in [0.15, 0.2) is 0 Å². The number of rotatable bonds is 3. The van der Waals surface area contributed by atoms with Gasteiger partial charge in [0, 0.05) is 11.6 Å². The number of nitrogens with zero attached hydrogens (tertiary/aromatic N) is 1. The lowest BCUT2D eigenvalue weighted by atomic mass is 9.95. The zero-order chi connectivity index (χ0) is 11.6. The van der Waals surface area contributed by atoms with Crippen LogP contribution in [0.15, 0.2) is 18.2 Å². The van der Waals surface area contributed by atoms with E-state index in [1.54, 1.807) is 13.0 Å². The molecule has 0 aromatic heterocycles. The molecule has 0 saturated heterocycles. The van der Waals surface area contributed by atoms with Crippen molar-refractivity contribution in [2.45, 2.75) is 19.8 Å². The summed E-state index contributed by atoms with van der Waals surface area (Å²) in [5, 5.41) is 19.4. The van der Waals surface area contributed by atoms with E-state index in [0.717, 1.165) is 0 Å². The molecular formula is C10H11NO4. The van der Waals surface area contributed by atoms with Crippen molar-refractivity contribution in [2.75, 3.05) is 0 Å². The first kappa shape index (κ1) is 11.2. The largest absolute Gasteiger partial charge is 0.481 e. The molecule has 1 unspecified atom stereocenters. The molecular weight excluding hydrogens is 198 g/mol. The number of aliphatic carboxylic acids is 1. The minimum Gasteiger partial charge on any atom is -0.481 e. The Hall–Kier alpha value is -1.91. The van der Waals surface area contributed by atoms with Crippen LogP contribution in [0, 0.1) is 17.0 Å². The number of nitro groups is 1. The molecule has 0 spiro atoms. The highest BCUT2D eigenvalue weighted by Crippen LogP contribution is 2.26. The third-order valence-electron chi connectivity index (χ3n) is 2.38. The molecule has 0 amide bonds. The lowest BCUT2D eigenvalue weighted by molar-refractivity contribution is -0.385. The number of hydrogen-bond donors (Lipinski definition) is 1. The van der Waals surface area contributed by atoms with Crippen molar-refractivity contribution in [1.29, 1.82) is 0 Å². The lowest BCUT2D eigenvalue weighted by Crippen LogP contribution is -2.09. The van der Waals surface area contributed by atoms with Crippen LogP contribution >= 0.6 is 0 Å². The maximum absolute atomic E-state index is 10.8. The third kappa shape index (κ3) is 2.12. The van der Waals surface area contributed by atoms with Gasteiger partial charge in [-0.15, -0.1) is 0 Å². The van der Waals surface area contributed by atoms with E-state index in [0.29, 0.717) is 11.1 Å². The van der Waals surface area contributed by atoms with E-state index in [9.17, 15) is 14.9 Å². The highest BCUT2D eigenvalue weighted by atomic mass is 16.6. The number of nitro benzene ring substituents is 1. The molecule has 1 aromatic rings. The zero-order valence-electron chi connectivity index (χ0n) is 8.43. The maximum atomic E-state index is 10.8. The highest BCUT2D eigenvalue weighted by Gasteiger charge is 2.20. The first-order chi connectivity index (χ1) is 6.95. The summed E-state index contributed by atoms with van der Waals surface area (Å²) in [6.45, 7) is 3.07. The Labute approximate surface area is 86.5 Å². The van der Waals surface area contributed by atoms with Gasteiger partial charge in [-0.05, 0) is 19.4 Å². The average molecular weight is 209 g/mol. The summed E-state index contributed by atoms with van der Waals surface area (Å²) in [6.07, 6.45) is 0. The highest BCUT2D eigenvalue weighted by molar-refractivity contribution is 5.76. The van der Waals surface area contributed by atoms with E-state index in [1.807, 2.05) is 0 Å². The van der Waals surface area contributed by atoms with Gasteiger partial charge in [-0.2, -0.15) is 0 Å². The fourth-order valence-corrected chi connectivity index (χ4v) is 1.44. The summed E-state index contributed by atoms with van der Waals surface area (Å²) in [6, 6.07) is 4.47. The van der Waals surface area contributed by atoms with Crippen LogP contribution in [-0.4, -0.2) is 16.0 Å². The fraction of sp³-hybridized carbons (Fsp3) is 0.300. The average Bonchev–Trinajstić information content (AvgIpc) is 2.16. The summed E-state index contributed by atoms with van der Waals surface area (Å²) in [5.74, 6) is -1.72. The van der Waals surface area contributed by atoms with Crippen molar-refractivity contribution in [3.63, 3.8) is 0 Å². The Balaban J connectivity index is 3.26. The number of benzene rings is 1. The van der Waals surface area contributed by atoms with E-state index in [1.165, 1.54) is 19.1 Å². The van der Waals surface area contributed by atoms with E-state index >= 15 is 0 Å². The summed E-state index contributed by atoms with van der Waals surface area (Å²) < 4.78 is 0. The quantitative estimate of drug-likeness (QED) is 0.610. The summed E-state index contributed by atoms with van der Waals surface area (Å²) in [5.41, 5.74) is 0.856. The monoisotopic (exact) mass is 209 g/mol. The fourth-order valence-electron chi connectivity index (χ4n) is 1.44. The molecule has 1 N–H and O–H groups in total. The summed E-state index contributed by atoms with van der Waals surface area (Å²) >= 11 is 0. The molecule has 80 valence electrons. The van der Waals surface area contributed by atoms with Gasteiger partial charge in [0.05, 0.1) is 10.8 Å². The first-order valence-corrected chi connectivity index (χ1v) is 4.42. The van der Waals surface area contributed by atoms with Gasteiger partial charge in [-0.25, -0.2) is 0 Å². The topological polar surface area (TPSA) is 80.4 Å². The second-order valence-corrected chi connectivity index (χ2v) is 3.31. The van der Waals surface area contributed by atoms with Gasteiger partial charge in [-0.3, -0.25) is 14.9 Å². The van der Waals surface area contributed by atoms with Gasteiger partial charge >= 0.3 is 5.97 Å². The summed E-state index contributed by atoms with van der Waals surface area (Å²) in [4.78, 5) is 20.9. The lowest BCUT2D eigenvalue weighted by Gasteiger charge is -2.09. The molecule has 15 heavy (non-hydrogen) atoms. The molecule has 0 aliphatic rings. The second-order valence-electron chi connectivity index (χ2n) is 3.31. The van der Waals surface area contributed by atoms with E-state index in [-0.39, 0.29) is 5.69 Å². The van der Waals surface area contributed by atoms with Crippen LogP contribution in [0.5, 0.6) is 0 Å². The Bertz CT molecular complexity index is 414. The Morgan fingerprint density at radius 2 is 2.13 bits per heavy atom. The van der Waals surface area contributed by atoms with Crippen molar-refractivity contribution in [3.05, 3.63) is 39.4 Å². The molecule has 0 bridgehead atoms. The minimum absolute atomic E-state index is 0.0411. The van der Waals surface area contributed by atoms with Crippen molar-refractivity contribution in [1.82, 2.24) is 0 Å². The van der Waals surface area contributed by atoms with Crippen LogP contribution in [-0.2, 0) is 4.79 Å². The second kappa shape index (κ2) is 4.08. The van der Waals surface area contributed by atoms with Crippen molar-refractivity contribution in [2.24, 2.45) is 0 Å². The van der Waals surface area contributed by atoms with Gasteiger partial charge < -0.3 is 5.11 Å². The van der Waals surface area contributed by atoms with Crippen LogP contribution in [0.1, 0.15) is 24.0 Å². The number of carboxylic acids is 1. The number of hydrogen-bond acceptors (Lipinski definition) is 3.